The van der Waals surface area contributed by atoms with Crippen LogP contribution in [0.2, 0.25) is 0 Å². The van der Waals surface area contributed by atoms with Gasteiger partial charge >= 0.3 is 6.18 Å². The Labute approximate surface area is 132 Å². The standard InChI is InChI=1S/C16H18F3N3O/c1-11-4-6-12(7-5-11)22-9-8-13(21-22)14(23)20-10-15(2,3)16(17,18)19/h4-9H,10H2,1-3H3,(H,20,23). The third-order valence-corrected chi connectivity index (χ3v) is 3.58. The Hall–Kier alpha value is -2.31. The molecule has 2 rings (SSSR count). The van der Waals surface area contributed by atoms with E-state index in [0.717, 1.165) is 25.1 Å². The molecule has 1 aromatic carbocycles. The number of aromatic nitrogens is 2. The zero-order valence-corrected chi connectivity index (χ0v) is 13.1. The molecule has 1 amide bonds. The maximum absolute atomic E-state index is 12.8. The van der Waals surface area contributed by atoms with Gasteiger partial charge in [0.2, 0.25) is 0 Å². The molecule has 0 bridgehead atoms. The Balaban J connectivity index is 2.06. The van der Waals surface area contributed by atoms with Crippen molar-refractivity contribution >= 4 is 5.91 Å². The van der Waals surface area contributed by atoms with Gasteiger partial charge in [-0.3, -0.25) is 4.79 Å². The molecule has 124 valence electrons. The lowest BCUT2D eigenvalue weighted by Gasteiger charge is -2.27. The minimum atomic E-state index is -4.39. The Morgan fingerprint density at radius 1 is 1.17 bits per heavy atom. The Morgan fingerprint density at radius 3 is 2.35 bits per heavy atom. The van der Waals surface area contributed by atoms with E-state index in [1.54, 1.807) is 6.20 Å². The van der Waals surface area contributed by atoms with Crippen LogP contribution in [0.3, 0.4) is 0 Å². The highest BCUT2D eigenvalue weighted by Gasteiger charge is 2.47. The lowest BCUT2D eigenvalue weighted by molar-refractivity contribution is -0.208. The number of aryl methyl sites for hydroxylation is 1. The molecule has 0 aliphatic heterocycles. The second-order valence-electron chi connectivity index (χ2n) is 6.05. The molecule has 0 saturated heterocycles. The first kappa shape index (κ1) is 17.1. The second kappa shape index (κ2) is 6.06. The third-order valence-electron chi connectivity index (χ3n) is 3.58. The van der Waals surface area contributed by atoms with Gasteiger partial charge in [-0.15, -0.1) is 0 Å². The highest BCUT2D eigenvalue weighted by atomic mass is 19.4. The van der Waals surface area contributed by atoms with Crippen LogP contribution in [0.5, 0.6) is 0 Å². The number of rotatable bonds is 4. The van der Waals surface area contributed by atoms with Crippen LogP contribution in [0.15, 0.2) is 36.5 Å². The van der Waals surface area contributed by atoms with E-state index in [-0.39, 0.29) is 5.69 Å². The molecule has 1 heterocycles. The minimum absolute atomic E-state index is 0.0727. The zero-order chi connectivity index (χ0) is 17.3. The fourth-order valence-corrected chi connectivity index (χ4v) is 1.78. The molecular weight excluding hydrogens is 307 g/mol. The van der Waals surface area contributed by atoms with E-state index in [1.165, 1.54) is 10.7 Å². The molecule has 0 aliphatic carbocycles. The van der Waals surface area contributed by atoms with Crippen molar-refractivity contribution in [2.45, 2.75) is 26.9 Å². The number of hydrogen-bond donors (Lipinski definition) is 1. The van der Waals surface area contributed by atoms with Crippen LogP contribution in [0.1, 0.15) is 29.9 Å². The van der Waals surface area contributed by atoms with Gasteiger partial charge in [0.1, 0.15) is 0 Å². The quantitative estimate of drug-likeness (QED) is 0.935. The molecule has 1 N–H and O–H groups in total. The number of carbonyl (C=O) groups excluding carboxylic acids is 1. The summed E-state index contributed by atoms with van der Waals surface area (Å²) in [5.41, 5.74) is -0.0654. The third kappa shape index (κ3) is 3.91. The van der Waals surface area contributed by atoms with E-state index in [4.69, 9.17) is 0 Å². The molecule has 0 aliphatic rings. The summed E-state index contributed by atoms with van der Waals surface area (Å²) in [5.74, 6) is -0.631. The molecule has 0 radical (unpaired) electrons. The monoisotopic (exact) mass is 325 g/mol. The Bertz CT molecular complexity index is 687. The Kier molecular flexibility index (Phi) is 4.49. The first-order chi connectivity index (χ1) is 10.6. The van der Waals surface area contributed by atoms with E-state index in [1.807, 2.05) is 31.2 Å². The van der Waals surface area contributed by atoms with Crippen molar-refractivity contribution < 1.29 is 18.0 Å². The van der Waals surface area contributed by atoms with Crippen molar-refractivity contribution in [2.75, 3.05) is 6.54 Å². The van der Waals surface area contributed by atoms with Gasteiger partial charge in [-0.05, 0) is 39.0 Å². The molecule has 0 saturated carbocycles. The molecule has 0 spiro atoms. The summed E-state index contributed by atoms with van der Waals surface area (Å²) in [5, 5.41) is 6.38. The van der Waals surface area contributed by atoms with Gasteiger partial charge in [-0.2, -0.15) is 18.3 Å². The van der Waals surface area contributed by atoms with Crippen molar-refractivity contribution in [3.63, 3.8) is 0 Å². The molecule has 0 fully saturated rings. The first-order valence-corrected chi connectivity index (χ1v) is 7.08. The fourth-order valence-electron chi connectivity index (χ4n) is 1.78. The summed E-state index contributed by atoms with van der Waals surface area (Å²) in [6.45, 7) is 3.53. The number of nitrogens with zero attached hydrogens (tertiary/aromatic N) is 2. The van der Waals surface area contributed by atoms with Crippen LogP contribution in [0.25, 0.3) is 5.69 Å². The summed E-state index contributed by atoms with van der Waals surface area (Å²) < 4.78 is 39.8. The van der Waals surface area contributed by atoms with Crippen LogP contribution in [-0.2, 0) is 0 Å². The average molecular weight is 325 g/mol. The number of alkyl halides is 3. The zero-order valence-electron chi connectivity index (χ0n) is 13.1. The van der Waals surface area contributed by atoms with Gasteiger partial charge in [0.05, 0.1) is 11.1 Å². The number of hydrogen-bond acceptors (Lipinski definition) is 2. The molecule has 1 aromatic heterocycles. The van der Waals surface area contributed by atoms with Crippen LogP contribution in [0.4, 0.5) is 13.2 Å². The lowest BCUT2D eigenvalue weighted by Crippen LogP contribution is -2.43. The van der Waals surface area contributed by atoms with Crippen LogP contribution >= 0.6 is 0 Å². The summed E-state index contributed by atoms with van der Waals surface area (Å²) in [7, 11) is 0. The minimum Gasteiger partial charge on any atom is -0.350 e. The number of benzene rings is 1. The van der Waals surface area contributed by atoms with Crippen molar-refractivity contribution in [3.05, 3.63) is 47.8 Å². The van der Waals surface area contributed by atoms with Gasteiger partial charge in [-0.25, -0.2) is 4.68 Å². The van der Waals surface area contributed by atoms with E-state index in [2.05, 4.69) is 10.4 Å². The van der Waals surface area contributed by atoms with Crippen molar-refractivity contribution in [1.29, 1.82) is 0 Å². The van der Waals surface area contributed by atoms with Crippen LogP contribution in [0, 0.1) is 12.3 Å². The molecule has 2 aromatic rings. The SMILES string of the molecule is Cc1ccc(-n2ccc(C(=O)NCC(C)(C)C(F)(F)F)n2)cc1. The maximum Gasteiger partial charge on any atom is 0.395 e. The number of carbonyl (C=O) groups is 1. The first-order valence-electron chi connectivity index (χ1n) is 7.08. The molecule has 0 atom stereocenters. The smallest absolute Gasteiger partial charge is 0.350 e. The molecule has 23 heavy (non-hydrogen) atoms. The van der Waals surface area contributed by atoms with Crippen molar-refractivity contribution in [1.82, 2.24) is 15.1 Å². The number of nitrogens with one attached hydrogen (secondary N) is 1. The molecule has 7 heteroatoms. The summed E-state index contributed by atoms with van der Waals surface area (Å²) in [4.78, 5) is 12.0. The van der Waals surface area contributed by atoms with E-state index >= 15 is 0 Å². The largest absolute Gasteiger partial charge is 0.395 e. The summed E-state index contributed by atoms with van der Waals surface area (Å²) in [6.07, 6.45) is -2.80. The predicted octanol–water partition coefficient (Wildman–Crippen LogP) is 3.50. The summed E-state index contributed by atoms with van der Waals surface area (Å²) in [6, 6.07) is 8.97. The van der Waals surface area contributed by atoms with Gasteiger partial charge in [0, 0.05) is 12.7 Å². The summed E-state index contributed by atoms with van der Waals surface area (Å²) >= 11 is 0. The van der Waals surface area contributed by atoms with Gasteiger partial charge < -0.3 is 5.32 Å². The van der Waals surface area contributed by atoms with Gasteiger partial charge in [-0.1, -0.05) is 17.7 Å². The van der Waals surface area contributed by atoms with Gasteiger partial charge in [0.25, 0.3) is 5.91 Å². The maximum atomic E-state index is 12.8. The number of amides is 1. The van der Waals surface area contributed by atoms with Crippen molar-refractivity contribution in [3.8, 4) is 5.69 Å². The van der Waals surface area contributed by atoms with Gasteiger partial charge in [0.15, 0.2) is 5.69 Å². The normalized spacial score (nSPS) is 12.3. The highest BCUT2D eigenvalue weighted by Crippen LogP contribution is 2.36. The molecule has 4 nitrogen and oxygen atoms in total. The molecular formula is C16H18F3N3O. The van der Waals surface area contributed by atoms with Crippen molar-refractivity contribution in [2.24, 2.45) is 5.41 Å². The fraction of sp³-hybridized carbons (Fsp3) is 0.375. The van der Waals surface area contributed by atoms with Crippen LogP contribution in [-0.4, -0.2) is 28.4 Å². The number of halogens is 3. The van der Waals surface area contributed by atoms with Crippen LogP contribution < -0.4 is 5.32 Å². The Morgan fingerprint density at radius 2 is 1.78 bits per heavy atom. The topological polar surface area (TPSA) is 46.9 Å². The lowest BCUT2D eigenvalue weighted by atomic mass is 9.93. The van der Waals surface area contributed by atoms with E-state index in [9.17, 15) is 18.0 Å². The predicted molar refractivity (Wildman–Crippen MR) is 80.5 cm³/mol. The average Bonchev–Trinajstić information content (AvgIpc) is 2.94. The highest BCUT2D eigenvalue weighted by molar-refractivity contribution is 5.92. The van der Waals surface area contributed by atoms with E-state index < -0.39 is 24.0 Å². The second-order valence-corrected chi connectivity index (χ2v) is 6.05. The molecule has 0 unspecified atom stereocenters. The van der Waals surface area contributed by atoms with E-state index in [0.29, 0.717) is 0 Å².